The van der Waals surface area contributed by atoms with Crippen LogP contribution in [0.3, 0.4) is 0 Å². The van der Waals surface area contributed by atoms with Gasteiger partial charge in [-0.25, -0.2) is 4.98 Å². The molecule has 1 aromatic rings. The van der Waals surface area contributed by atoms with Gasteiger partial charge in [0.15, 0.2) is 0 Å². The van der Waals surface area contributed by atoms with Gasteiger partial charge in [-0.2, -0.15) is 4.37 Å². The van der Waals surface area contributed by atoms with E-state index < -0.39 is 0 Å². The Hall–Kier alpha value is -0.680. The third-order valence-electron chi connectivity index (χ3n) is 2.82. The molecule has 0 radical (unpaired) electrons. The van der Waals surface area contributed by atoms with Crippen molar-refractivity contribution in [2.24, 2.45) is 0 Å². The highest BCUT2D eigenvalue weighted by Gasteiger charge is 2.22. The normalized spacial score (nSPS) is 27.3. The van der Waals surface area contributed by atoms with E-state index in [0.717, 1.165) is 30.2 Å². The number of anilines is 1. The monoisotopic (exact) mass is 227 g/mol. The van der Waals surface area contributed by atoms with Gasteiger partial charge in [-0.05, 0) is 19.8 Å². The number of nitrogens with one attached hydrogen (secondary N) is 1. The van der Waals surface area contributed by atoms with Crippen LogP contribution in [0.4, 0.5) is 5.13 Å². The Kier molecular flexibility index (Phi) is 3.53. The van der Waals surface area contributed by atoms with Gasteiger partial charge in [0, 0.05) is 11.5 Å². The molecular weight excluding hydrogens is 210 g/mol. The molecule has 1 saturated carbocycles. The Morgan fingerprint density at radius 1 is 1.33 bits per heavy atom. The van der Waals surface area contributed by atoms with Gasteiger partial charge in [-0.1, -0.05) is 19.3 Å². The summed E-state index contributed by atoms with van der Waals surface area (Å²) in [7, 11) is 0. The van der Waals surface area contributed by atoms with Crippen molar-refractivity contribution in [3.63, 3.8) is 0 Å². The number of nitrogens with zero attached hydrogens (tertiary/aromatic N) is 2. The van der Waals surface area contributed by atoms with E-state index in [4.69, 9.17) is 0 Å². The van der Waals surface area contributed by atoms with Crippen LogP contribution < -0.4 is 5.32 Å². The number of hydrogen-bond acceptors (Lipinski definition) is 5. The number of hydrogen-bond donors (Lipinski definition) is 2. The average Bonchev–Trinajstić information content (AvgIpc) is 2.50. The molecule has 0 bridgehead atoms. The lowest BCUT2D eigenvalue weighted by molar-refractivity contribution is 0.144. The van der Waals surface area contributed by atoms with Gasteiger partial charge in [-0.15, -0.1) is 0 Å². The van der Waals surface area contributed by atoms with Crippen molar-refractivity contribution in [3.05, 3.63) is 5.82 Å². The van der Waals surface area contributed by atoms with Crippen LogP contribution in [0.5, 0.6) is 0 Å². The third-order valence-corrected chi connectivity index (χ3v) is 3.55. The van der Waals surface area contributed by atoms with E-state index in [0.29, 0.717) is 0 Å². The Labute approximate surface area is 93.9 Å². The first-order chi connectivity index (χ1) is 7.25. The molecule has 84 valence electrons. The predicted molar refractivity (Wildman–Crippen MR) is 61.1 cm³/mol. The Morgan fingerprint density at radius 2 is 2.13 bits per heavy atom. The first kappa shape index (κ1) is 10.8. The average molecular weight is 227 g/mol. The van der Waals surface area contributed by atoms with E-state index in [2.05, 4.69) is 14.7 Å². The molecule has 1 aromatic heterocycles. The summed E-state index contributed by atoms with van der Waals surface area (Å²) in [5.41, 5.74) is 0. The molecule has 2 rings (SSSR count). The molecule has 1 aliphatic rings. The molecule has 2 unspecified atom stereocenters. The maximum atomic E-state index is 9.91. The van der Waals surface area contributed by atoms with Crippen molar-refractivity contribution in [1.82, 2.24) is 9.36 Å². The Bertz CT molecular complexity index is 315. The molecule has 2 N–H and O–H groups in total. The van der Waals surface area contributed by atoms with E-state index in [1.54, 1.807) is 0 Å². The summed E-state index contributed by atoms with van der Waals surface area (Å²) in [6.45, 7) is 1.88. The first-order valence-electron chi connectivity index (χ1n) is 5.50. The van der Waals surface area contributed by atoms with Crippen LogP contribution >= 0.6 is 11.5 Å². The summed E-state index contributed by atoms with van der Waals surface area (Å²) in [6.07, 6.45) is 5.23. The second kappa shape index (κ2) is 4.90. The lowest BCUT2D eigenvalue weighted by Gasteiger charge is -2.20. The van der Waals surface area contributed by atoms with Crippen molar-refractivity contribution in [2.75, 3.05) is 5.32 Å². The molecule has 1 aliphatic carbocycles. The molecular formula is C10H17N3OS. The number of rotatable bonds is 2. The van der Waals surface area contributed by atoms with Gasteiger partial charge in [-0.3, -0.25) is 0 Å². The first-order valence-corrected chi connectivity index (χ1v) is 6.28. The minimum Gasteiger partial charge on any atom is -0.391 e. The number of aliphatic hydroxyl groups is 1. The summed E-state index contributed by atoms with van der Waals surface area (Å²) in [5.74, 6) is 0.797. The Morgan fingerprint density at radius 3 is 2.87 bits per heavy atom. The van der Waals surface area contributed by atoms with Crippen molar-refractivity contribution in [1.29, 1.82) is 0 Å². The highest BCUT2D eigenvalue weighted by atomic mass is 32.1. The van der Waals surface area contributed by atoms with Crippen LogP contribution in [-0.4, -0.2) is 26.6 Å². The van der Waals surface area contributed by atoms with Crippen LogP contribution in [0, 0.1) is 6.92 Å². The highest BCUT2D eigenvalue weighted by Crippen LogP contribution is 2.22. The molecule has 15 heavy (non-hydrogen) atoms. The second-order valence-corrected chi connectivity index (χ2v) is 4.85. The molecule has 1 fully saturated rings. The molecule has 0 spiro atoms. The van der Waals surface area contributed by atoms with Crippen molar-refractivity contribution < 1.29 is 5.11 Å². The number of aromatic nitrogens is 2. The van der Waals surface area contributed by atoms with Gasteiger partial charge in [0.1, 0.15) is 5.82 Å². The van der Waals surface area contributed by atoms with Crippen LogP contribution in [0.25, 0.3) is 0 Å². The third kappa shape index (κ3) is 2.89. The Balaban J connectivity index is 1.97. The van der Waals surface area contributed by atoms with E-state index in [1.807, 2.05) is 6.92 Å². The highest BCUT2D eigenvalue weighted by molar-refractivity contribution is 7.09. The summed E-state index contributed by atoms with van der Waals surface area (Å²) >= 11 is 1.37. The minimum atomic E-state index is -0.239. The zero-order valence-corrected chi connectivity index (χ0v) is 9.76. The van der Waals surface area contributed by atoms with Crippen molar-refractivity contribution >= 4 is 16.7 Å². The summed E-state index contributed by atoms with van der Waals surface area (Å²) in [4.78, 5) is 4.26. The minimum absolute atomic E-state index is 0.153. The lowest BCUT2D eigenvalue weighted by atomic mass is 10.1. The fourth-order valence-electron chi connectivity index (χ4n) is 1.97. The largest absolute Gasteiger partial charge is 0.391 e. The van der Waals surface area contributed by atoms with Crippen LogP contribution in [0.2, 0.25) is 0 Å². The summed E-state index contributed by atoms with van der Waals surface area (Å²) in [6, 6.07) is 0.153. The summed E-state index contributed by atoms with van der Waals surface area (Å²) < 4.78 is 4.12. The van der Waals surface area contributed by atoms with Gasteiger partial charge in [0.25, 0.3) is 0 Å². The zero-order valence-electron chi connectivity index (χ0n) is 8.94. The molecule has 2 atom stereocenters. The quantitative estimate of drug-likeness (QED) is 0.758. The fraction of sp³-hybridized carbons (Fsp3) is 0.800. The maximum absolute atomic E-state index is 9.91. The molecule has 0 aliphatic heterocycles. The van der Waals surface area contributed by atoms with Gasteiger partial charge in [0.05, 0.1) is 12.1 Å². The van der Waals surface area contributed by atoms with E-state index >= 15 is 0 Å². The fourth-order valence-corrected chi connectivity index (χ4v) is 2.61. The zero-order chi connectivity index (χ0) is 10.7. The molecule has 5 heteroatoms. The standard InChI is InChI=1S/C10H17N3OS/c1-7-11-10(15-13-7)12-8-5-3-2-4-6-9(8)14/h8-9,14H,2-6H2,1H3,(H,11,12,13). The maximum Gasteiger partial charge on any atom is 0.202 e. The topological polar surface area (TPSA) is 58.0 Å². The molecule has 0 aromatic carbocycles. The smallest absolute Gasteiger partial charge is 0.202 e. The van der Waals surface area contributed by atoms with Crippen LogP contribution in [0.15, 0.2) is 0 Å². The summed E-state index contributed by atoms with van der Waals surface area (Å²) in [5, 5.41) is 14.0. The lowest BCUT2D eigenvalue weighted by Crippen LogP contribution is -2.32. The van der Waals surface area contributed by atoms with Gasteiger partial charge in [0.2, 0.25) is 5.13 Å². The van der Waals surface area contributed by atoms with Gasteiger partial charge < -0.3 is 10.4 Å². The van der Waals surface area contributed by atoms with Crippen LogP contribution in [-0.2, 0) is 0 Å². The molecule has 4 nitrogen and oxygen atoms in total. The molecule has 0 amide bonds. The van der Waals surface area contributed by atoms with E-state index in [9.17, 15) is 5.11 Å². The van der Waals surface area contributed by atoms with E-state index in [1.165, 1.54) is 24.4 Å². The van der Waals surface area contributed by atoms with Crippen LogP contribution in [0.1, 0.15) is 37.9 Å². The SMILES string of the molecule is Cc1nsc(NC2CCCCCC2O)n1. The van der Waals surface area contributed by atoms with Gasteiger partial charge >= 0.3 is 0 Å². The number of aryl methyl sites for hydroxylation is 1. The molecule has 0 saturated heterocycles. The molecule has 1 heterocycles. The van der Waals surface area contributed by atoms with E-state index in [-0.39, 0.29) is 12.1 Å². The second-order valence-electron chi connectivity index (χ2n) is 4.10. The van der Waals surface area contributed by atoms with Crippen molar-refractivity contribution in [2.45, 2.75) is 51.2 Å². The van der Waals surface area contributed by atoms with Crippen molar-refractivity contribution in [3.8, 4) is 0 Å². The predicted octanol–water partition coefficient (Wildman–Crippen LogP) is 1.95. The number of aliphatic hydroxyl groups excluding tert-OH is 1.